The summed E-state index contributed by atoms with van der Waals surface area (Å²) in [5.74, 6) is 0.111. The van der Waals surface area contributed by atoms with Crippen molar-refractivity contribution in [2.24, 2.45) is 5.92 Å². The lowest BCUT2D eigenvalue weighted by Crippen LogP contribution is -2.32. The summed E-state index contributed by atoms with van der Waals surface area (Å²) in [7, 11) is 4.55. The Kier molecular flexibility index (Phi) is 8.17. The summed E-state index contributed by atoms with van der Waals surface area (Å²) < 4.78 is 21.6. The third-order valence-corrected chi connectivity index (χ3v) is 5.49. The third kappa shape index (κ3) is 5.17. The lowest BCUT2D eigenvalue weighted by atomic mass is 9.95. The number of benzene rings is 2. The van der Waals surface area contributed by atoms with Crippen molar-refractivity contribution in [3.63, 3.8) is 0 Å². The summed E-state index contributed by atoms with van der Waals surface area (Å²) in [4.78, 5) is 27.5. The van der Waals surface area contributed by atoms with Gasteiger partial charge in [-0.15, -0.1) is 0 Å². The van der Waals surface area contributed by atoms with Gasteiger partial charge in [0.25, 0.3) is 11.7 Å². The zero-order chi connectivity index (χ0) is 24.8. The minimum absolute atomic E-state index is 0.00525. The van der Waals surface area contributed by atoms with Gasteiger partial charge in [0.2, 0.25) is 0 Å². The molecule has 1 atom stereocenters. The molecule has 0 saturated carbocycles. The van der Waals surface area contributed by atoms with Crippen LogP contribution in [0, 0.1) is 5.92 Å². The average molecular weight is 470 g/mol. The van der Waals surface area contributed by atoms with Crippen molar-refractivity contribution in [2.75, 3.05) is 41.1 Å². The molecule has 1 heterocycles. The molecule has 2 aromatic rings. The maximum atomic E-state index is 13.1. The number of methoxy groups -OCH3 is 3. The van der Waals surface area contributed by atoms with E-state index in [0.717, 1.165) is 0 Å². The molecule has 0 bridgehead atoms. The number of ether oxygens (including phenoxy) is 4. The lowest BCUT2D eigenvalue weighted by molar-refractivity contribution is -0.140. The second-order valence-corrected chi connectivity index (χ2v) is 8.33. The Morgan fingerprint density at radius 3 is 2.41 bits per heavy atom. The van der Waals surface area contributed by atoms with E-state index in [0.29, 0.717) is 40.9 Å². The number of aliphatic hydroxyl groups is 1. The molecule has 0 spiro atoms. The molecule has 1 aliphatic rings. The van der Waals surface area contributed by atoms with Gasteiger partial charge < -0.3 is 29.0 Å². The summed E-state index contributed by atoms with van der Waals surface area (Å²) in [6, 6.07) is 11.2. The fourth-order valence-corrected chi connectivity index (χ4v) is 3.82. The van der Waals surface area contributed by atoms with E-state index in [-0.39, 0.29) is 24.5 Å². The first-order chi connectivity index (χ1) is 16.3. The molecule has 1 fully saturated rings. The predicted molar refractivity (Wildman–Crippen MR) is 127 cm³/mol. The van der Waals surface area contributed by atoms with Crippen molar-refractivity contribution in [1.29, 1.82) is 0 Å². The Bertz CT molecular complexity index is 1080. The van der Waals surface area contributed by atoms with E-state index < -0.39 is 17.7 Å². The number of nitrogens with zero attached hydrogens (tertiary/aromatic N) is 1. The summed E-state index contributed by atoms with van der Waals surface area (Å²) in [5, 5.41) is 11.2. The smallest absolute Gasteiger partial charge is 0.295 e. The lowest BCUT2D eigenvalue weighted by Gasteiger charge is -2.25. The number of rotatable bonds is 10. The Morgan fingerprint density at radius 1 is 1.03 bits per heavy atom. The molecule has 2 aromatic carbocycles. The maximum absolute atomic E-state index is 13.1. The van der Waals surface area contributed by atoms with E-state index in [1.54, 1.807) is 42.5 Å². The van der Waals surface area contributed by atoms with Crippen molar-refractivity contribution in [2.45, 2.75) is 19.9 Å². The van der Waals surface area contributed by atoms with Gasteiger partial charge in [0.1, 0.15) is 11.5 Å². The molecule has 1 saturated heterocycles. The molecule has 8 heteroatoms. The molecular weight excluding hydrogens is 438 g/mol. The van der Waals surface area contributed by atoms with Crippen LogP contribution < -0.4 is 14.2 Å². The first-order valence-corrected chi connectivity index (χ1v) is 11.0. The summed E-state index contributed by atoms with van der Waals surface area (Å²) in [6.45, 7) is 4.99. The number of carbonyl (C=O) groups is 2. The van der Waals surface area contributed by atoms with Crippen LogP contribution in [0.4, 0.5) is 0 Å². The van der Waals surface area contributed by atoms with Crippen LogP contribution in [0.25, 0.3) is 5.76 Å². The monoisotopic (exact) mass is 469 g/mol. The topological polar surface area (TPSA) is 94.5 Å². The normalized spacial score (nSPS) is 17.4. The molecule has 0 aliphatic carbocycles. The Morgan fingerprint density at radius 2 is 1.76 bits per heavy atom. The molecule has 1 aliphatic heterocycles. The minimum Gasteiger partial charge on any atom is -0.507 e. The van der Waals surface area contributed by atoms with Crippen LogP contribution in [0.15, 0.2) is 48.0 Å². The van der Waals surface area contributed by atoms with Crippen molar-refractivity contribution in [1.82, 2.24) is 4.90 Å². The second-order valence-electron chi connectivity index (χ2n) is 8.33. The van der Waals surface area contributed by atoms with E-state index in [1.807, 2.05) is 13.8 Å². The number of carbonyl (C=O) groups excluding carboxylic acids is 2. The number of Topliss-reactive ketones (excluding diaryl/α,β-unsaturated/α-hetero) is 1. The number of hydrogen-bond acceptors (Lipinski definition) is 7. The summed E-state index contributed by atoms with van der Waals surface area (Å²) >= 11 is 0. The number of ketones is 1. The SMILES string of the molecule is COCCN1C(=O)C(=O)/C(=C(\O)c2cccc(OCC(C)C)c2)C1c1ccc(OC)c(OC)c1. The van der Waals surface area contributed by atoms with E-state index >= 15 is 0 Å². The third-order valence-electron chi connectivity index (χ3n) is 5.49. The molecule has 182 valence electrons. The van der Waals surface area contributed by atoms with Crippen LogP contribution >= 0.6 is 0 Å². The van der Waals surface area contributed by atoms with Crippen molar-refractivity contribution < 1.29 is 33.6 Å². The zero-order valence-corrected chi connectivity index (χ0v) is 20.2. The zero-order valence-electron chi connectivity index (χ0n) is 20.2. The van der Waals surface area contributed by atoms with E-state index in [1.165, 1.54) is 26.2 Å². The summed E-state index contributed by atoms with van der Waals surface area (Å²) in [5.41, 5.74) is 0.979. The van der Waals surface area contributed by atoms with Crippen molar-refractivity contribution >= 4 is 17.4 Å². The molecule has 0 aromatic heterocycles. The summed E-state index contributed by atoms with van der Waals surface area (Å²) in [6.07, 6.45) is 0. The molecule has 0 radical (unpaired) electrons. The molecular formula is C26H31NO7. The van der Waals surface area contributed by atoms with Gasteiger partial charge in [-0.05, 0) is 35.7 Å². The van der Waals surface area contributed by atoms with E-state index in [2.05, 4.69) is 0 Å². The van der Waals surface area contributed by atoms with Crippen LogP contribution in [0.5, 0.6) is 17.2 Å². The number of likely N-dealkylation sites (tertiary alicyclic amines) is 1. The highest BCUT2D eigenvalue weighted by atomic mass is 16.5. The van der Waals surface area contributed by atoms with Gasteiger partial charge in [-0.2, -0.15) is 0 Å². The van der Waals surface area contributed by atoms with Crippen LogP contribution in [0.1, 0.15) is 31.0 Å². The number of hydrogen-bond donors (Lipinski definition) is 1. The molecule has 1 amide bonds. The van der Waals surface area contributed by atoms with Gasteiger partial charge in [0, 0.05) is 19.2 Å². The Balaban J connectivity index is 2.13. The van der Waals surface area contributed by atoms with Crippen LogP contribution in [0.2, 0.25) is 0 Å². The predicted octanol–water partition coefficient (Wildman–Crippen LogP) is 3.81. The van der Waals surface area contributed by atoms with Gasteiger partial charge in [-0.1, -0.05) is 32.0 Å². The second kappa shape index (κ2) is 11.1. The van der Waals surface area contributed by atoms with E-state index in [4.69, 9.17) is 18.9 Å². The molecule has 34 heavy (non-hydrogen) atoms. The molecule has 1 N–H and O–H groups in total. The van der Waals surface area contributed by atoms with Gasteiger partial charge >= 0.3 is 0 Å². The largest absolute Gasteiger partial charge is 0.507 e. The standard InChI is InChI=1S/C26H31NO7/c1-16(2)15-34-19-8-6-7-18(13-19)24(28)22-23(27(11-12-31-3)26(30)25(22)29)17-9-10-20(32-4)21(14-17)33-5/h6-10,13-14,16,23,28H,11-12,15H2,1-5H3/b24-22-. The molecule has 1 unspecified atom stereocenters. The number of aliphatic hydroxyl groups excluding tert-OH is 1. The van der Waals surface area contributed by atoms with Gasteiger partial charge in [-0.25, -0.2) is 0 Å². The first-order valence-electron chi connectivity index (χ1n) is 11.0. The van der Waals surface area contributed by atoms with Crippen LogP contribution in [-0.4, -0.2) is 62.8 Å². The molecule has 8 nitrogen and oxygen atoms in total. The Hall–Kier alpha value is -3.52. The Labute approximate surface area is 199 Å². The van der Waals surface area contributed by atoms with Crippen molar-refractivity contribution in [3.8, 4) is 17.2 Å². The fraction of sp³-hybridized carbons (Fsp3) is 0.385. The minimum atomic E-state index is -0.824. The number of amides is 1. The highest BCUT2D eigenvalue weighted by Gasteiger charge is 2.46. The van der Waals surface area contributed by atoms with Gasteiger partial charge in [0.05, 0.1) is 39.0 Å². The van der Waals surface area contributed by atoms with E-state index in [9.17, 15) is 14.7 Å². The fourth-order valence-electron chi connectivity index (χ4n) is 3.82. The molecule has 3 rings (SSSR count). The van der Waals surface area contributed by atoms with Gasteiger partial charge in [0.15, 0.2) is 11.5 Å². The highest BCUT2D eigenvalue weighted by Crippen LogP contribution is 2.42. The average Bonchev–Trinajstić information content (AvgIpc) is 3.10. The van der Waals surface area contributed by atoms with Crippen molar-refractivity contribution in [3.05, 3.63) is 59.2 Å². The van der Waals surface area contributed by atoms with Crippen LogP contribution in [0.3, 0.4) is 0 Å². The maximum Gasteiger partial charge on any atom is 0.295 e. The highest BCUT2D eigenvalue weighted by molar-refractivity contribution is 6.46. The van der Waals surface area contributed by atoms with Crippen LogP contribution in [-0.2, 0) is 14.3 Å². The van der Waals surface area contributed by atoms with Gasteiger partial charge in [-0.3, -0.25) is 9.59 Å². The first kappa shape index (κ1) is 25.1. The quantitative estimate of drug-likeness (QED) is 0.321.